The number of pyridine rings is 1. The summed E-state index contributed by atoms with van der Waals surface area (Å²) in [7, 11) is 3.15. The largest absolute Gasteiger partial charge is 0.493 e. The van der Waals surface area contributed by atoms with Gasteiger partial charge in [-0.1, -0.05) is 34.1 Å². The van der Waals surface area contributed by atoms with Gasteiger partial charge in [0.1, 0.15) is 17.5 Å². The summed E-state index contributed by atoms with van der Waals surface area (Å²) in [6, 6.07) is 17.2. The maximum Gasteiger partial charge on any atom is 0.161 e. The van der Waals surface area contributed by atoms with E-state index in [1.54, 1.807) is 20.3 Å². The van der Waals surface area contributed by atoms with Gasteiger partial charge in [-0.3, -0.25) is 0 Å². The number of anilines is 1. The maximum atomic E-state index is 9.55. The fraction of sp³-hybridized carbons (Fsp3) is 0.100. The summed E-state index contributed by atoms with van der Waals surface area (Å²) in [5.74, 6) is 1.39. The minimum atomic E-state index is 0.192. The van der Waals surface area contributed by atoms with Crippen LogP contribution < -0.4 is 15.2 Å². The van der Waals surface area contributed by atoms with Crippen molar-refractivity contribution in [1.29, 1.82) is 5.26 Å². The van der Waals surface area contributed by atoms with Gasteiger partial charge in [0, 0.05) is 15.6 Å². The van der Waals surface area contributed by atoms with E-state index in [-0.39, 0.29) is 5.82 Å². The molecule has 0 radical (unpaired) electrons. The van der Waals surface area contributed by atoms with Crippen molar-refractivity contribution in [3.05, 3.63) is 58.6 Å². The topological polar surface area (TPSA) is 81.2 Å². The number of rotatable bonds is 4. The lowest BCUT2D eigenvalue weighted by Crippen LogP contribution is -2.00. The molecule has 130 valence electrons. The Hall–Kier alpha value is -3.04. The first kappa shape index (κ1) is 17.8. The van der Waals surface area contributed by atoms with Gasteiger partial charge in [-0.2, -0.15) is 5.26 Å². The molecule has 0 aliphatic rings. The Bertz CT molecular complexity index is 995. The molecule has 2 aromatic carbocycles. The monoisotopic (exact) mass is 409 g/mol. The first-order valence-electron chi connectivity index (χ1n) is 7.76. The Morgan fingerprint density at radius 3 is 2.23 bits per heavy atom. The number of nitriles is 1. The quantitative estimate of drug-likeness (QED) is 0.677. The van der Waals surface area contributed by atoms with Crippen molar-refractivity contribution in [3.63, 3.8) is 0 Å². The average Bonchev–Trinajstić information content (AvgIpc) is 2.67. The number of ether oxygens (including phenoxy) is 2. The molecule has 0 unspecified atom stereocenters. The standard InChI is InChI=1S/C20H16BrN3O2/c1-25-18-8-5-13(9-19(18)26-2)15-10-17(24-20(23)16(15)11-22)12-3-6-14(21)7-4-12/h3-10H,1-2H3,(H2,23,24). The summed E-state index contributed by atoms with van der Waals surface area (Å²) in [4.78, 5) is 4.39. The van der Waals surface area contributed by atoms with Crippen molar-refractivity contribution in [1.82, 2.24) is 4.98 Å². The Kier molecular flexibility index (Phi) is 5.10. The van der Waals surface area contributed by atoms with Gasteiger partial charge in [0.15, 0.2) is 11.5 Å². The summed E-state index contributed by atoms with van der Waals surface area (Å²) in [6.45, 7) is 0. The summed E-state index contributed by atoms with van der Waals surface area (Å²) in [5, 5.41) is 9.55. The van der Waals surface area contributed by atoms with Gasteiger partial charge in [0.05, 0.1) is 19.9 Å². The second-order valence-electron chi connectivity index (χ2n) is 5.50. The van der Waals surface area contributed by atoms with Crippen LogP contribution in [0.2, 0.25) is 0 Å². The number of benzene rings is 2. The highest BCUT2D eigenvalue weighted by molar-refractivity contribution is 9.10. The number of halogens is 1. The number of aromatic nitrogens is 1. The van der Waals surface area contributed by atoms with Crippen LogP contribution in [0.4, 0.5) is 5.82 Å². The van der Waals surface area contributed by atoms with Crippen molar-refractivity contribution in [2.75, 3.05) is 20.0 Å². The number of nitrogens with two attached hydrogens (primary N) is 1. The molecule has 6 heteroatoms. The Labute approximate surface area is 160 Å². The average molecular weight is 410 g/mol. The van der Waals surface area contributed by atoms with Crippen LogP contribution in [0.25, 0.3) is 22.4 Å². The molecule has 2 N–H and O–H groups in total. The van der Waals surface area contributed by atoms with E-state index in [0.717, 1.165) is 15.6 Å². The van der Waals surface area contributed by atoms with Crippen LogP contribution in [0.1, 0.15) is 5.56 Å². The molecule has 0 spiro atoms. The van der Waals surface area contributed by atoms with E-state index in [4.69, 9.17) is 15.2 Å². The van der Waals surface area contributed by atoms with Crippen LogP contribution >= 0.6 is 15.9 Å². The van der Waals surface area contributed by atoms with Crippen LogP contribution in [0.3, 0.4) is 0 Å². The molecular weight excluding hydrogens is 394 g/mol. The van der Waals surface area contributed by atoms with E-state index in [2.05, 4.69) is 27.0 Å². The molecule has 0 fully saturated rings. The predicted octanol–water partition coefficient (Wildman–Crippen LogP) is 4.65. The summed E-state index contributed by atoms with van der Waals surface area (Å²) in [6.07, 6.45) is 0. The first-order chi connectivity index (χ1) is 12.6. The second-order valence-corrected chi connectivity index (χ2v) is 6.42. The van der Waals surface area contributed by atoms with Crippen LogP contribution in [-0.2, 0) is 0 Å². The van der Waals surface area contributed by atoms with Crippen LogP contribution in [0, 0.1) is 11.3 Å². The van der Waals surface area contributed by atoms with E-state index in [9.17, 15) is 5.26 Å². The molecule has 26 heavy (non-hydrogen) atoms. The molecular formula is C20H16BrN3O2. The molecule has 0 aliphatic carbocycles. The fourth-order valence-electron chi connectivity index (χ4n) is 2.68. The van der Waals surface area contributed by atoms with E-state index in [1.807, 2.05) is 42.5 Å². The van der Waals surface area contributed by atoms with E-state index >= 15 is 0 Å². The molecule has 5 nitrogen and oxygen atoms in total. The first-order valence-corrected chi connectivity index (χ1v) is 8.55. The lowest BCUT2D eigenvalue weighted by Gasteiger charge is -2.13. The van der Waals surface area contributed by atoms with Gasteiger partial charge in [-0.15, -0.1) is 0 Å². The number of nitrogen functional groups attached to an aromatic ring is 1. The lowest BCUT2D eigenvalue weighted by molar-refractivity contribution is 0.355. The van der Waals surface area contributed by atoms with Gasteiger partial charge in [-0.05, 0) is 35.9 Å². The van der Waals surface area contributed by atoms with Crippen LogP contribution in [0.15, 0.2) is 53.0 Å². The Morgan fingerprint density at radius 2 is 1.62 bits per heavy atom. The predicted molar refractivity (Wildman–Crippen MR) is 105 cm³/mol. The fourth-order valence-corrected chi connectivity index (χ4v) is 2.95. The van der Waals surface area contributed by atoms with Gasteiger partial charge < -0.3 is 15.2 Å². The SMILES string of the molecule is COc1ccc(-c2cc(-c3ccc(Br)cc3)nc(N)c2C#N)cc1OC. The number of methoxy groups -OCH3 is 2. The van der Waals surface area contributed by atoms with Crippen LogP contribution in [-0.4, -0.2) is 19.2 Å². The molecule has 0 amide bonds. The van der Waals surface area contributed by atoms with Crippen LogP contribution in [0.5, 0.6) is 11.5 Å². The molecule has 1 heterocycles. The number of hydrogen-bond donors (Lipinski definition) is 1. The summed E-state index contributed by atoms with van der Waals surface area (Å²) < 4.78 is 11.6. The Morgan fingerprint density at radius 1 is 0.962 bits per heavy atom. The third-order valence-corrected chi connectivity index (χ3v) is 4.52. The normalized spacial score (nSPS) is 10.2. The van der Waals surface area contributed by atoms with Gasteiger partial charge in [-0.25, -0.2) is 4.98 Å². The summed E-state index contributed by atoms with van der Waals surface area (Å²) >= 11 is 3.42. The van der Waals surface area contributed by atoms with Crippen molar-refractivity contribution >= 4 is 21.7 Å². The van der Waals surface area contributed by atoms with E-state index in [1.165, 1.54) is 0 Å². The smallest absolute Gasteiger partial charge is 0.161 e. The molecule has 0 saturated heterocycles. The Balaban J connectivity index is 2.20. The minimum Gasteiger partial charge on any atom is -0.493 e. The number of hydrogen-bond acceptors (Lipinski definition) is 5. The molecule has 1 aromatic heterocycles. The van der Waals surface area contributed by atoms with Crippen molar-refractivity contribution < 1.29 is 9.47 Å². The van der Waals surface area contributed by atoms with Crippen molar-refractivity contribution in [2.45, 2.75) is 0 Å². The molecule has 0 saturated carbocycles. The van der Waals surface area contributed by atoms with Gasteiger partial charge in [0.25, 0.3) is 0 Å². The zero-order valence-electron chi connectivity index (χ0n) is 14.3. The lowest BCUT2D eigenvalue weighted by atomic mass is 9.98. The molecule has 0 aliphatic heterocycles. The third kappa shape index (κ3) is 3.35. The third-order valence-electron chi connectivity index (χ3n) is 3.99. The van der Waals surface area contributed by atoms with Gasteiger partial charge >= 0.3 is 0 Å². The molecule has 3 rings (SSSR count). The highest BCUT2D eigenvalue weighted by Crippen LogP contribution is 2.36. The molecule has 0 atom stereocenters. The molecule has 3 aromatic rings. The van der Waals surface area contributed by atoms with Gasteiger partial charge in [0.2, 0.25) is 0 Å². The zero-order chi connectivity index (χ0) is 18.7. The van der Waals surface area contributed by atoms with Crippen molar-refractivity contribution in [3.8, 4) is 40.0 Å². The maximum absolute atomic E-state index is 9.55. The van der Waals surface area contributed by atoms with Crippen molar-refractivity contribution in [2.24, 2.45) is 0 Å². The zero-order valence-corrected chi connectivity index (χ0v) is 15.9. The highest BCUT2D eigenvalue weighted by Gasteiger charge is 2.15. The minimum absolute atomic E-state index is 0.192. The van der Waals surface area contributed by atoms with E-state index < -0.39 is 0 Å². The number of nitrogens with zero attached hydrogens (tertiary/aromatic N) is 2. The van der Waals surface area contributed by atoms with E-state index in [0.29, 0.717) is 28.3 Å². The highest BCUT2D eigenvalue weighted by atomic mass is 79.9. The summed E-state index contributed by atoms with van der Waals surface area (Å²) in [5.41, 5.74) is 9.49. The molecule has 0 bridgehead atoms. The second kappa shape index (κ2) is 7.46.